The number of carbonyl (C=O) groups is 1. The second kappa shape index (κ2) is 6.20. The Labute approximate surface area is 112 Å². The minimum absolute atomic E-state index is 0.169. The van der Waals surface area contributed by atoms with Crippen LogP contribution in [0.2, 0.25) is 0 Å². The molecule has 1 amide bonds. The highest BCUT2D eigenvalue weighted by Gasteiger charge is 2.14. The van der Waals surface area contributed by atoms with Gasteiger partial charge < -0.3 is 15.5 Å². The molecule has 0 aliphatic rings. The number of nitrogens with two attached hydrogens (primary N) is 1. The third-order valence-electron chi connectivity index (χ3n) is 2.87. The van der Waals surface area contributed by atoms with Gasteiger partial charge in [-0.2, -0.15) is 0 Å². The first-order valence-corrected chi connectivity index (χ1v) is 6.27. The van der Waals surface area contributed by atoms with E-state index < -0.39 is 6.04 Å². The fourth-order valence-electron chi connectivity index (χ4n) is 1.85. The van der Waals surface area contributed by atoms with Crippen LogP contribution in [0.4, 0.5) is 0 Å². The van der Waals surface area contributed by atoms with E-state index >= 15 is 0 Å². The van der Waals surface area contributed by atoms with Crippen molar-refractivity contribution in [1.82, 2.24) is 5.32 Å². The van der Waals surface area contributed by atoms with Crippen LogP contribution in [0.1, 0.15) is 17.1 Å². The van der Waals surface area contributed by atoms with Crippen LogP contribution in [0.5, 0.6) is 0 Å². The Hall–Kier alpha value is -2.07. The predicted molar refractivity (Wildman–Crippen MR) is 73.4 cm³/mol. The molecule has 0 spiro atoms. The topological polar surface area (TPSA) is 68.3 Å². The number of carbonyl (C=O) groups excluding carboxylic acids is 1. The molecule has 0 aliphatic heterocycles. The van der Waals surface area contributed by atoms with Crippen molar-refractivity contribution in [2.24, 2.45) is 5.73 Å². The standard InChI is InChI=1S/C15H18N2O2/c1-11-7-8-13(19-11)10-17-15(18)14(16)9-12-5-3-2-4-6-12/h2-8,14H,9-10,16H2,1H3,(H,17,18)/t14-/m1/s1. The summed E-state index contributed by atoms with van der Waals surface area (Å²) in [5.41, 5.74) is 6.93. The van der Waals surface area contributed by atoms with Gasteiger partial charge in [0, 0.05) is 0 Å². The van der Waals surface area contributed by atoms with Gasteiger partial charge in [-0.05, 0) is 31.0 Å². The summed E-state index contributed by atoms with van der Waals surface area (Å²) in [6.07, 6.45) is 0.532. The molecule has 0 saturated carbocycles. The molecule has 1 aromatic carbocycles. The number of amides is 1. The Bertz CT molecular complexity index is 534. The van der Waals surface area contributed by atoms with E-state index in [0.29, 0.717) is 13.0 Å². The molecule has 0 fully saturated rings. The number of aryl methyl sites for hydroxylation is 1. The number of rotatable bonds is 5. The average molecular weight is 258 g/mol. The maximum absolute atomic E-state index is 11.8. The molecular weight excluding hydrogens is 240 g/mol. The quantitative estimate of drug-likeness (QED) is 0.859. The van der Waals surface area contributed by atoms with Gasteiger partial charge in [0.2, 0.25) is 5.91 Å². The molecule has 3 N–H and O–H groups in total. The Balaban J connectivity index is 1.82. The van der Waals surface area contributed by atoms with Crippen LogP contribution in [-0.2, 0) is 17.8 Å². The molecule has 0 unspecified atom stereocenters. The van der Waals surface area contributed by atoms with Crippen molar-refractivity contribution in [2.75, 3.05) is 0 Å². The Morgan fingerprint density at radius 3 is 2.63 bits per heavy atom. The number of nitrogens with one attached hydrogen (secondary N) is 1. The summed E-state index contributed by atoms with van der Waals surface area (Å²) >= 11 is 0. The van der Waals surface area contributed by atoms with Gasteiger partial charge in [-0.25, -0.2) is 0 Å². The van der Waals surface area contributed by atoms with Crippen LogP contribution in [-0.4, -0.2) is 11.9 Å². The van der Waals surface area contributed by atoms with Crippen molar-refractivity contribution in [3.63, 3.8) is 0 Å². The molecule has 19 heavy (non-hydrogen) atoms. The molecule has 4 heteroatoms. The van der Waals surface area contributed by atoms with Gasteiger partial charge >= 0.3 is 0 Å². The highest BCUT2D eigenvalue weighted by Crippen LogP contribution is 2.06. The van der Waals surface area contributed by atoms with Gasteiger partial charge in [0.25, 0.3) is 0 Å². The minimum Gasteiger partial charge on any atom is -0.465 e. The monoisotopic (exact) mass is 258 g/mol. The first kappa shape index (κ1) is 13.4. The predicted octanol–water partition coefficient (Wildman–Crippen LogP) is 1.77. The molecule has 4 nitrogen and oxygen atoms in total. The molecular formula is C15H18N2O2. The highest BCUT2D eigenvalue weighted by atomic mass is 16.3. The van der Waals surface area contributed by atoms with Gasteiger partial charge in [0.1, 0.15) is 11.5 Å². The van der Waals surface area contributed by atoms with Crippen LogP contribution in [0.3, 0.4) is 0 Å². The second-order valence-corrected chi connectivity index (χ2v) is 4.53. The molecule has 2 rings (SSSR count). The van der Waals surface area contributed by atoms with Crippen molar-refractivity contribution < 1.29 is 9.21 Å². The van der Waals surface area contributed by atoms with E-state index in [1.54, 1.807) is 0 Å². The SMILES string of the molecule is Cc1ccc(CNC(=O)[C@H](N)Cc2ccccc2)o1. The Morgan fingerprint density at radius 1 is 1.26 bits per heavy atom. The van der Waals surface area contributed by atoms with Crippen molar-refractivity contribution in [2.45, 2.75) is 25.9 Å². The lowest BCUT2D eigenvalue weighted by atomic mass is 10.1. The van der Waals surface area contributed by atoms with Crippen LogP contribution in [0, 0.1) is 6.92 Å². The first-order chi connectivity index (χ1) is 9.15. The van der Waals surface area contributed by atoms with Gasteiger partial charge in [0.05, 0.1) is 12.6 Å². The third-order valence-corrected chi connectivity index (χ3v) is 2.87. The van der Waals surface area contributed by atoms with E-state index in [9.17, 15) is 4.79 Å². The lowest BCUT2D eigenvalue weighted by Gasteiger charge is -2.11. The van der Waals surface area contributed by atoms with Gasteiger partial charge in [-0.3, -0.25) is 4.79 Å². The fraction of sp³-hybridized carbons (Fsp3) is 0.267. The summed E-state index contributed by atoms with van der Waals surface area (Å²) in [6.45, 7) is 2.24. The molecule has 0 bridgehead atoms. The zero-order valence-corrected chi connectivity index (χ0v) is 10.9. The summed E-state index contributed by atoms with van der Waals surface area (Å²) in [7, 11) is 0. The zero-order valence-electron chi connectivity index (χ0n) is 10.9. The zero-order chi connectivity index (χ0) is 13.7. The maximum atomic E-state index is 11.8. The molecule has 1 aromatic heterocycles. The number of benzene rings is 1. The molecule has 1 atom stereocenters. The number of hydrogen-bond acceptors (Lipinski definition) is 3. The largest absolute Gasteiger partial charge is 0.465 e. The number of furan rings is 1. The van der Waals surface area contributed by atoms with Gasteiger partial charge in [-0.15, -0.1) is 0 Å². The first-order valence-electron chi connectivity index (χ1n) is 6.27. The highest BCUT2D eigenvalue weighted by molar-refractivity contribution is 5.81. The second-order valence-electron chi connectivity index (χ2n) is 4.53. The molecule has 1 heterocycles. The molecule has 0 saturated heterocycles. The summed E-state index contributed by atoms with van der Waals surface area (Å²) in [4.78, 5) is 11.8. The number of hydrogen-bond donors (Lipinski definition) is 2. The van der Waals surface area contributed by atoms with Crippen LogP contribution in [0.25, 0.3) is 0 Å². The van der Waals surface area contributed by atoms with Crippen LogP contribution >= 0.6 is 0 Å². The van der Waals surface area contributed by atoms with Crippen molar-refractivity contribution in [3.8, 4) is 0 Å². The van der Waals surface area contributed by atoms with E-state index in [0.717, 1.165) is 17.1 Å². The summed E-state index contributed by atoms with van der Waals surface area (Å²) in [5, 5.41) is 2.77. The lowest BCUT2D eigenvalue weighted by molar-refractivity contribution is -0.122. The summed E-state index contributed by atoms with van der Waals surface area (Å²) in [6, 6.07) is 12.9. The molecule has 100 valence electrons. The van der Waals surface area contributed by atoms with Crippen molar-refractivity contribution >= 4 is 5.91 Å². The van der Waals surface area contributed by atoms with Crippen molar-refractivity contribution in [3.05, 3.63) is 59.5 Å². The van der Waals surface area contributed by atoms with E-state index in [2.05, 4.69) is 5.32 Å². The smallest absolute Gasteiger partial charge is 0.237 e. The maximum Gasteiger partial charge on any atom is 0.237 e. The van der Waals surface area contributed by atoms with E-state index in [-0.39, 0.29) is 5.91 Å². The van der Waals surface area contributed by atoms with Crippen LogP contribution in [0.15, 0.2) is 46.9 Å². The van der Waals surface area contributed by atoms with Gasteiger partial charge in [-0.1, -0.05) is 30.3 Å². The molecule has 0 radical (unpaired) electrons. The summed E-state index contributed by atoms with van der Waals surface area (Å²) < 4.78 is 5.38. The third kappa shape index (κ3) is 3.96. The summed E-state index contributed by atoms with van der Waals surface area (Å²) in [5.74, 6) is 1.40. The van der Waals surface area contributed by atoms with Crippen LogP contribution < -0.4 is 11.1 Å². The molecule has 2 aromatic rings. The Kier molecular flexibility index (Phi) is 4.36. The lowest BCUT2D eigenvalue weighted by Crippen LogP contribution is -2.41. The fourth-order valence-corrected chi connectivity index (χ4v) is 1.85. The van der Waals surface area contributed by atoms with Gasteiger partial charge in [0.15, 0.2) is 0 Å². The van der Waals surface area contributed by atoms with E-state index in [1.165, 1.54) is 0 Å². The van der Waals surface area contributed by atoms with E-state index in [1.807, 2.05) is 49.4 Å². The average Bonchev–Trinajstić information content (AvgIpc) is 2.83. The van der Waals surface area contributed by atoms with Crippen molar-refractivity contribution in [1.29, 1.82) is 0 Å². The normalized spacial score (nSPS) is 12.1. The molecule has 0 aliphatic carbocycles. The minimum atomic E-state index is -0.543. The Morgan fingerprint density at radius 2 is 2.00 bits per heavy atom. The van der Waals surface area contributed by atoms with E-state index in [4.69, 9.17) is 10.2 Å².